The number of nitrogens with zero attached hydrogens (tertiary/aromatic N) is 1. The molecule has 1 amide bonds. The van der Waals surface area contributed by atoms with Crippen molar-refractivity contribution in [3.63, 3.8) is 0 Å². The molecule has 0 aromatic heterocycles. The molecule has 1 heterocycles. The molecule has 1 aromatic rings. The summed E-state index contributed by atoms with van der Waals surface area (Å²) >= 11 is 0. The topological polar surface area (TPSA) is 59.0 Å². The van der Waals surface area contributed by atoms with Gasteiger partial charge < -0.3 is 19.3 Å². The third kappa shape index (κ3) is 3.10. The first kappa shape index (κ1) is 16.8. The molecule has 7 heteroatoms. The van der Waals surface area contributed by atoms with Gasteiger partial charge in [-0.05, 0) is 39.2 Å². The Bertz CT molecular complexity index is 575. The Hall–Kier alpha value is -1.60. The number of benzene rings is 1. The Labute approximate surface area is 130 Å². The van der Waals surface area contributed by atoms with Crippen molar-refractivity contribution < 1.29 is 23.6 Å². The maximum absolute atomic E-state index is 14.2. The molecule has 0 bridgehead atoms. The van der Waals surface area contributed by atoms with E-state index in [0.29, 0.717) is 11.0 Å². The molecule has 1 saturated heterocycles. The molecule has 0 saturated carbocycles. The highest BCUT2D eigenvalue weighted by Crippen LogP contribution is 2.36. The van der Waals surface area contributed by atoms with Gasteiger partial charge in [-0.1, -0.05) is 12.1 Å². The number of hydrogen-bond donors (Lipinski definition) is 1. The highest BCUT2D eigenvalue weighted by atomic mass is 19.1. The number of amides is 1. The summed E-state index contributed by atoms with van der Waals surface area (Å²) in [5, 5.41) is 8.84. The zero-order chi connectivity index (χ0) is 16.7. The lowest BCUT2D eigenvalue weighted by atomic mass is 9.78. The fraction of sp³-hybridized carbons (Fsp3) is 0.533. The first-order valence-corrected chi connectivity index (χ1v) is 7.11. The molecular formula is C15H21BFNO4. The van der Waals surface area contributed by atoms with Gasteiger partial charge in [0.05, 0.1) is 17.7 Å². The van der Waals surface area contributed by atoms with E-state index in [-0.39, 0.29) is 6.54 Å². The van der Waals surface area contributed by atoms with E-state index in [1.807, 2.05) is 27.7 Å². The van der Waals surface area contributed by atoms with Crippen LogP contribution in [0.5, 0.6) is 0 Å². The SMILES string of the molecule is CN(Cc1ccc(B2OC(C)(C)C(C)(C)O2)cc1F)C(=O)O. The fourth-order valence-electron chi connectivity index (χ4n) is 2.14. The van der Waals surface area contributed by atoms with E-state index in [4.69, 9.17) is 14.4 Å². The van der Waals surface area contributed by atoms with Crippen LogP contribution in [0, 0.1) is 5.82 Å². The molecular weight excluding hydrogens is 288 g/mol. The molecule has 1 fully saturated rings. The number of carbonyl (C=O) groups is 1. The summed E-state index contributed by atoms with van der Waals surface area (Å²) in [6.07, 6.45) is -1.10. The van der Waals surface area contributed by atoms with Gasteiger partial charge >= 0.3 is 13.2 Å². The second kappa shape index (κ2) is 5.55. The van der Waals surface area contributed by atoms with Crippen molar-refractivity contribution >= 4 is 18.7 Å². The Kier molecular flexibility index (Phi) is 4.23. The molecule has 1 N–H and O–H groups in total. The van der Waals surface area contributed by atoms with E-state index in [2.05, 4.69) is 0 Å². The van der Waals surface area contributed by atoms with Crippen LogP contribution in [0.3, 0.4) is 0 Å². The van der Waals surface area contributed by atoms with Crippen LogP contribution < -0.4 is 5.46 Å². The van der Waals surface area contributed by atoms with Crippen LogP contribution >= 0.6 is 0 Å². The molecule has 0 unspecified atom stereocenters. The summed E-state index contributed by atoms with van der Waals surface area (Å²) in [6.45, 7) is 7.71. The van der Waals surface area contributed by atoms with Gasteiger partial charge in [0.1, 0.15) is 5.82 Å². The second-order valence-corrected chi connectivity index (χ2v) is 6.58. The average Bonchev–Trinajstić information content (AvgIpc) is 2.60. The minimum Gasteiger partial charge on any atom is -0.465 e. The van der Waals surface area contributed by atoms with Crippen molar-refractivity contribution in [3.05, 3.63) is 29.6 Å². The molecule has 120 valence electrons. The first-order chi connectivity index (χ1) is 10.0. The summed E-state index contributed by atoms with van der Waals surface area (Å²) in [5.41, 5.74) is -0.0878. The highest BCUT2D eigenvalue weighted by molar-refractivity contribution is 6.62. The zero-order valence-corrected chi connectivity index (χ0v) is 13.5. The summed E-state index contributed by atoms with van der Waals surface area (Å²) in [4.78, 5) is 11.8. The van der Waals surface area contributed by atoms with Crippen molar-refractivity contribution in [1.29, 1.82) is 0 Å². The van der Waals surface area contributed by atoms with Crippen molar-refractivity contribution in [3.8, 4) is 0 Å². The predicted octanol–water partition coefficient (Wildman–Crippen LogP) is 2.23. The van der Waals surface area contributed by atoms with E-state index in [1.54, 1.807) is 12.1 Å². The monoisotopic (exact) mass is 309 g/mol. The van der Waals surface area contributed by atoms with E-state index in [9.17, 15) is 9.18 Å². The van der Waals surface area contributed by atoms with E-state index in [0.717, 1.165) is 4.90 Å². The van der Waals surface area contributed by atoms with Crippen LogP contribution in [-0.4, -0.2) is 41.5 Å². The standard InChI is InChI=1S/C15H21BFNO4/c1-14(2)15(3,4)22-16(21-14)11-7-6-10(12(17)8-11)9-18(5)13(19)20/h6-8H,9H2,1-5H3,(H,19,20). The van der Waals surface area contributed by atoms with E-state index >= 15 is 0 Å². The fourth-order valence-corrected chi connectivity index (χ4v) is 2.14. The van der Waals surface area contributed by atoms with E-state index < -0.39 is 30.2 Å². The quantitative estimate of drug-likeness (QED) is 0.870. The van der Waals surface area contributed by atoms with Gasteiger partial charge in [-0.3, -0.25) is 0 Å². The van der Waals surface area contributed by atoms with Gasteiger partial charge in [0, 0.05) is 12.6 Å². The van der Waals surface area contributed by atoms with Gasteiger partial charge in [-0.25, -0.2) is 9.18 Å². The van der Waals surface area contributed by atoms with Gasteiger partial charge in [-0.15, -0.1) is 0 Å². The zero-order valence-electron chi connectivity index (χ0n) is 13.5. The third-order valence-corrected chi connectivity index (χ3v) is 4.34. The maximum atomic E-state index is 14.2. The maximum Gasteiger partial charge on any atom is 0.494 e. The van der Waals surface area contributed by atoms with Crippen LogP contribution in [0.1, 0.15) is 33.3 Å². The minimum absolute atomic E-state index is 0.00911. The number of carboxylic acid groups (broad SMARTS) is 1. The Balaban J connectivity index is 2.19. The second-order valence-electron chi connectivity index (χ2n) is 6.58. The summed E-state index contributed by atoms with van der Waals surface area (Å²) in [6, 6.07) is 4.61. The Morgan fingerprint density at radius 2 is 1.82 bits per heavy atom. The van der Waals surface area contributed by atoms with Gasteiger partial charge in [0.25, 0.3) is 0 Å². The minimum atomic E-state index is -1.10. The molecule has 5 nitrogen and oxygen atoms in total. The lowest BCUT2D eigenvalue weighted by molar-refractivity contribution is 0.00578. The molecule has 1 aliphatic heterocycles. The van der Waals surface area contributed by atoms with Crippen LogP contribution in [0.25, 0.3) is 0 Å². The van der Waals surface area contributed by atoms with Crippen LogP contribution in [0.4, 0.5) is 9.18 Å². The summed E-state index contributed by atoms with van der Waals surface area (Å²) in [7, 11) is 0.759. The number of hydrogen-bond acceptors (Lipinski definition) is 3. The lowest BCUT2D eigenvalue weighted by Gasteiger charge is -2.32. The smallest absolute Gasteiger partial charge is 0.465 e. The van der Waals surface area contributed by atoms with Gasteiger partial charge in [0.15, 0.2) is 0 Å². The first-order valence-electron chi connectivity index (χ1n) is 7.11. The third-order valence-electron chi connectivity index (χ3n) is 4.34. The molecule has 2 rings (SSSR count). The molecule has 1 aromatic carbocycles. The average molecular weight is 309 g/mol. The Morgan fingerprint density at radius 3 is 2.27 bits per heavy atom. The molecule has 0 aliphatic carbocycles. The molecule has 22 heavy (non-hydrogen) atoms. The van der Waals surface area contributed by atoms with Gasteiger partial charge in [-0.2, -0.15) is 0 Å². The van der Waals surface area contributed by atoms with Crippen LogP contribution in [0.15, 0.2) is 18.2 Å². The van der Waals surface area contributed by atoms with Crippen molar-refractivity contribution in [2.24, 2.45) is 0 Å². The molecule has 0 atom stereocenters. The largest absolute Gasteiger partial charge is 0.494 e. The summed E-state index contributed by atoms with van der Waals surface area (Å²) < 4.78 is 25.9. The number of halogens is 1. The summed E-state index contributed by atoms with van der Waals surface area (Å²) in [5.74, 6) is -0.472. The lowest BCUT2D eigenvalue weighted by Crippen LogP contribution is -2.41. The highest BCUT2D eigenvalue weighted by Gasteiger charge is 2.51. The molecule has 0 spiro atoms. The van der Waals surface area contributed by atoms with Crippen molar-refractivity contribution in [2.75, 3.05) is 7.05 Å². The van der Waals surface area contributed by atoms with Crippen molar-refractivity contribution in [1.82, 2.24) is 4.90 Å². The van der Waals surface area contributed by atoms with E-state index in [1.165, 1.54) is 13.1 Å². The van der Waals surface area contributed by atoms with Crippen LogP contribution in [0.2, 0.25) is 0 Å². The predicted molar refractivity (Wildman–Crippen MR) is 81.6 cm³/mol. The van der Waals surface area contributed by atoms with Crippen LogP contribution in [-0.2, 0) is 15.9 Å². The van der Waals surface area contributed by atoms with Gasteiger partial charge in [0.2, 0.25) is 0 Å². The Morgan fingerprint density at radius 1 is 1.27 bits per heavy atom. The normalized spacial score (nSPS) is 19.3. The molecule has 1 aliphatic rings. The van der Waals surface area contributed by atoms with Crippen molar-refractivity contribution in [2.45, 2.75) is 45.4 Å². The number of rotatable bonds is 3. The molecule has 0 radical (unpaired) electrons.